The van der Waals surface area contributed by atoms with E-state index < -0.39 is 0 Å². The molecule has 0 unspecified atom stereocenters. The summed E-state index contributed by atoms with van der Waals surface area (Å²) < 4.78 is 10.7. The smallest absolute Gasteiger partial charge is 0.183 e. The van der Waals surface area contributed by atoms with E-state index in [2.05, 4.69) is 24.4 Å². The Labute approximate surface area is 146 Å². The zero-order chi connectivity index (χ0) is 16.9. The lowest BCUT2D eigenvalue weighted by Gasteiger charge is -2.13. The molecule has 0 bridgehead atoms. The van der Waals surface area contributed by atoms with E-state index in [0.29, 0.717) is 0 Å². The average Bonchev–Trinajstić information content (AvgIpc) is 3.10. The number of nitrogens with one attached hydrogen (secondary N) is 1. The molecule has 1 atom stereocenters. The summed E-state index contributed by atoms with van der Waals surface area (Å²) in [5.74, 6) is 1.52. The highest BCUT2D eigenvalue weighted by atomic mass is 32.1. The van der Waals surface area contributed by atoms with E-state index in [4.69, 9.17) is 14.5 Å². The van der Waals surface area contributed by atoms with Gasteiger partial charge in [0, 0.05) is 17.0 Å². The first kappa shape index (κ1) is 16.3. The second-order valence-corrected chi connectivity index (χ2v) is 6.24. The van der Waals surface area contributed by atoms with Gasteiger partial charge in [-0.25, -0.2) is 4.98 Å². The molecule has 2 aromatic carbocycles. The van der Waals surface area contributed by atoms with E-state index in [1.54, 1.807) is 25.6 Å². The van der Waals surface area contributed by atoms with E-state index >= 15 is 0 Å². The molecular formula is C19H20N2O2S. The third kappa shape index (κ3) is 3.51. The fourth-order valence-electron chi connectivity index (χ4n) is 2.48. The van der Waals surface area contributed by atoms with Gasteiger partial charge in [0.1, 0.15) is 11.5 Å². The van der Waals surface area contributed by atoms with Crippen molar-refractivity contribution in [3.63, 3.8) is 0 Å². The fraction of sp³-hybridized carbons (Fsp3) is 0.211. The Kier molecular flexibility index (Phi) is 5.01. The van der Waals surface area contributed by atoms with Crippen molar-refractivity contribution in [3.8, 4) is 22.8 Å². The SMILES string of the molecule is COc1ccc(-c2csc(N[C@H](C)c3ccccc3)n2)c(OC)c1. The Morgan fingerprint density at radius 1 is 1.04 bits per heavy atom. The Bertz CT molecular complexity index is 802. The Balaban J connectivity index is 1.81. The molecule has 3 aromatic rings. The number of methoxy groups -OCH3 is 2. The van der Waals surface area contributed by atoms with E-state index in [1.165, 1.54) is 5.56 Å². The maximum absolute atomic E-state index is 5.47. The molecule has 0 saturated heterocycles. The third-order valence-electron chi connectivity index (χ3n) is 3.83. The highest BCUT2D eigenvalue weighted by Gasteiger charge is 2.13. The molecule has 1 N–H and O–H groups in total. The molecule has 3 rings (SSSR count). The van der Waals surface area contributed by atoms with Crippen LogP contribution in [0.3, 0.4) is 0 Å². The summed E-state index contributed by atoms with van der Waals surface area (Å²) in [5.41, 5.74) is 3.08. The summed E-state index contributed by atoms with van der Waals surface area (Å²) in [6, 6.07) is 16.3. The van der Waals surface area contributed by atoms with Gasteiger partial charge >= 0.3 is 0 Å². The predicted molar refractivity (Wildman–Crippen MR) is 99.1 cm³/mol. The van der Waals surface area contributed by atoms with E-state index in [-0.39, 0.29) is 6.04 Å². The van der Waals surface area contributed by atoms with Crippen LogP contribution in [0.5, 0.6) is 11.5 Å². The molecule has 124 valence electrons. The monoisotopic (exact) mass is 340 g/mol. The van der Waals surface area contributed by atoms with Crippen molar-refractivity contribution in [2.45, 2.75) is 13.0 Å². The Morgan fingerprint density at radius 2 is 1.83 bits per heavy atom. The quantitative estimate of drug-likeness (QED) is 0.686. The van der Waals surface area contributed by atoms with Crippen molar-refractivity contribution in [3.05, 3.63) is 59.5 Å². The summed E-state index contributed by atoms with van der Waals surface area (Å²) in [6.45, 7) is 2.13. The average molecular weight is 340 g/mol. The van der Waals surface area contributed by atoms with Crippen LogP contribution in [-0.4, -0.2) is 19.2 Å². The van der Waals surface area contributed by atoms with Crippen LogP contribution in [-0.2, 0) is 0 Å². The number of aromatic nitrogens is 1. The van der Waals surface area contributed by atoms with Crippen LogP contribution in [0.15, 0.2) is 53.9 Å². The van der Waals surface area contributed by atoms with Gasteiger partial charge in [0.25, 0.3) is 0 Å². The van der Waals surface area contributed by atoms with Crippen LogP contribution in [0.25, 0.3) is 11.3 Å². The standard InChI is InChI=1S/C19H20N2O2S/c1-13(14-7-5-4-6-8-14)20-19-21-17(12-24-19)16-10-9-15(22-2)11-18(16)23-3/h4-13H,1-3H3,(H,20,21)/t13-/m1/s1. The van der Waals surface area contributed by atoms with Gasteiger partial charge in [-0.05, 0) is 24.6 Å². The van der Waals surface area contributed by atoms with E-state index in [9.17, 15) is 0 Å². The summed E-state index contributed by atoms with van der Waals surface area (Å²) in [7, 11) is 3.30. The van der Waals surface area contributed by atoms with Gasteiger partial charge in [-0.2, -0.15) is 0 Å². The predicted octanol–water partition coefficient (Wildman–Crippen LogP) is 5.00. The van der Waals surface area contributed by atoms with Crippen molar-refractivity contribution < 1.29 is 9.47 Å². The molecule has 0 fully saturated rings. The molecule has 0 aliphatic carbocycles. The number of rotatable bonds is 6. The van der Waals surface area contributed by atoms with Crippen molar-refractivity contribution in [2.24, 2.45) is 0 Å². The maximum atomic E-state index is 5.47. The number of hydrogen-bond acceptors (Lipinski definition) is 5. The molecule has 0 saturated carbocycles. The van der Waals surface area contributed by atoms with Gasteiger partial charge in [0.15, 0.2) is 5.13 Å². The molecule has 1 heterocycles. The largest absolute Gasteiger partial charge is 0.497 e. The molecule has 24 heavy (non-hydrogen) atoms. The lowest BCUT2D eigenvalue weighted by Crippen LogP contribution is -2.05. The molecule has 0 aliphatic heterocycles. The first-order valence-corrected chi connectivity index (χ1v) is 8.58. The van der Waals surface area contributed by atoms with Crippen LogP contribution in [0.1, 0.15) is 18.5 Å². The van der Waals surface area contributed by atoms with Crippen molar-refractivity contribution >= 4 is 16.5 Å². The Hall–Kier alpha value is -2.53. The van der Waals surface area contributed by atoms with Gasteiger partial charge in [-0.3, -0.25) is 0 Å². The minimum Gasteiger partial charge on any atom is -0.497 e. The van der Waals surface area contributed by atoms with Gasteiger partial charge in [-0.1, -0.05) is 30.3 Å². The number of benzene rings is 2. The number of anilines is 1. The van der Waals surface area contributed by atoms with Crippen LogP contribution in [0.2, 0.25) is 0 Å². The minimum absolute atomic E-state index is 0.197. The van der Waals surface area contributed by atoms with E-state index in [0.717, 1.165) is 27.9 Å². The maximum Gasteiger partial charge on any atom is 0.183 e. The second-order valence-electron chi connectivity index (χ2n) is 5.38. The van der Waals surface area contributed by atoms with Crippen LogP contribution in [0, 0.1) is 0 Å². The minimum atomic E-state index is 0.197. The van der Waals surface area contributed by atoms with Gasteiger partial charge < -0.3 is 14.8 Å². The van der Waals surface area contributed by atoms with Crippen molar-refractivity contribution in [1.82, 2.24) is 4.98 Å². The van der Waals surface area contributed by atoms with Gasteiger partial charge in [-0.15, -0.1) is 11.3 Å². The molecular weight excluding hydrogens is 320 g/mol. The topological polar surface area (TPSA) is 43.4 Å². The second kappa shape index (κ2) is 7.36. The van der Waals surface area contributed by atoms with E-state index in [1.807, 2.05) is 41.8 Å². The highest BCUT2D eigenvalue weighted by molar-refractivity contribution is 7.14. The first-order valence-electron chi connectivity index (χ1n) is 7.70. The number of thiazole rings is 1. The highest BCUT2D eigenvalue weighted by Crippen LogP contribution is 2.35. The molecule has 0 amide bonds. The van der Waals surface area contributed by atoms with Gasteiger partial charge in [0.05, 0.1) is 26.0 Å². The normalized spacial score (nSPS) is 11.8. The molecule has 4 nitrogen and oxygen atoms in total. The fourth-order valence-corrected chi connectivity index (χ4v) is 3.28. The summed E-state index contributed by atoms with van der Waals surface area (Å²) in [6.07, 6.45) is 0. The van der Waals surface area contributed by atoms with Crippen LogP contribution >= 0.6 is 11.3 Å². The summed E-state index contributed by atoms with van der Waals surface area (Å²) in [4.78, 5) is 4.70. The number of hydrogen-bond donors (Lipinski definition) is 1. The number of ether oxygens (including phenoxy) is 2. The van der Waals surface area contributed by atoms with Gasteiger partial charge in [0.2, 0.25) is 0 Å². The molecule has 1 aromatic heterocycles. The Morgan fingerprint density at radius 3 is 2.54 bits per heavy atom. The zero-order valence-corrected chi connectivity index (χ0v) is 14.8. The lowest BCUT2D eigenvalue weighted by molar-refractivity contribution is 0.395. The lowest BCUT2D eigenvalue weighted by atomic mass is 10.1. The van der Waals surface area contributed by atoms with Crippen molar-refractivity contribution in [2.75, 3.05) is 19.5 Å². The van der Waals surface area contributed by atoms with Crippen molar-refractivity contribution in [1.29, 1.82) is 0 Å². The first-order chi connectivity index (χ1) is 11.7. The molecule has 0 spiro atoms. The molecule has 0 aliphatic rings. The van der Waals surface area contributed by atoms with Crippen LogP contribution in [0.4, 0.5) is 5.13 Å². The third-order valence-corrected chi connectivity index (χ3v) is 4.60. The summed E-state index contributed by atoms with van der Waals surface area (Å²) >= 11 is 1.59. The van der Waals surface area contributed by atoms with Crippen LogP contribution < -0.4 is 14.8 Å². The molecule has 5 heteroatoms. The zero-order valence-electron chi connectivity index (χ0n) is 13.9. The number of nitrogens with zero attached hydrogens (tertiary/aromatic N) is 1. The summed E-state index contributed by atoms with van der Waals surface area (Å²) in [5, 5.41) is 6.37. The molecule has 0 radical (unpaired) electrons.